The second-order valence-corrected chi connectivity index (χ2v) is 4.81. The Morgan fingerprint density at radius 3 is 2.53 bits per heavy atom. The van der Waals surface area contributed by atoms with Gasteiger partial charge in [0.25, 0.3) is 0 Å². The third-order valence-corrected chi connectivity index (χ3v) is 3.63. The van der Waals surface area contributed by atoms with Crippen molar-refractivity contribution in [3.63, 3.8) is 0 Å². The fraction of sp³-hybridized carbons (Fsp3) is 0.571. The molecule has 3 heteroatoms. The topological polar surface area (TPSA) is 12.0 Å². The Morgan fingerprint density at radius 1 is 1.18 bits per heavy atom. The molecular formula is C14H19F2N. The van der Waals surface area contributed by atoms with Crippen LogP contribution >= 0.6 is 0 Å². The molecule has 1 aliphatic carbocycles. The van der Waals surface area contributed by atoms with Crippen molar-refractivity contribution in [3.8, 4) is 0 Å². The van der Waals surface area contributed by atoms with Gasteiger partial charge in [-0.05, 0) is 55.5 Å². The zero-order valence-corrected chi connectivity index (χ0v) is 10.2. The van der Waals surface area contributed by atoms with E-state index in [1.165, 1.54) is 12.1 Å². The van der Waals surface area contributed by atoms with Gasteiger partial charge in [-0.3, -0.25) is 0 Å². The van der Waals surface area contributed by atoms with E-state index in [1.807, 2.05) is 0 Å². The first-order valence-corrected chi connectivity index (χ1v) is 6.37. The molecule has 2 rings (SSSR count). The Bertz CT molecular complexity index is 358. The second-order valence-electron chi connectivity index (χ2n) is 4.81. The van der Waals surface area contributed by atoms with E-state index < -0.39 is 11.6 Å². The molecule has 1 nitrogen and oxygen atoms in total. The van der Waals surface area contributed by atoms with Gasteiger partial charge in [0.1, 0.15) is 11.6 Å². The summed E-state index contributed by atoms with van der Waals surface area (Å²) in [7, 11) is 0. The molecule has 1 N–H and O–H groups in total. The van der Waals surface area contributed by atoms with Crippen LogP contribution < -0.4 is 5.32 Å². The SMILES string of the molecule is CCNCC1CCCC1c1cc(F)cc(F)c1. The van der Waals surface area contributed by atoms with Gasteiger partial charge in [0, 0.05) is 6.07 Å². The number of nitrogens with one attached hydrogen (secondary N) is 1. The molecule has 1 aromatic rings. The number of hydrogen-bond acceptors (Lipinski definition) is 1. The highest BCUT2D eigenvalue weighted by atomic mass is 19.1. The van der Waals surface area contributed by atoms with E-state index in [0.717, 1.165) is 44.0 Å². The van der Waals surface area contributed by atoms with Gasteiger partial charge in [-0.25, -0.2) is 8.78 Å². The Morgan fingerprint density at radius 2 is 1.88 bits per heavy atom. The zero-order chi connectivity index (χ0) is 12.3. The summed E-state index contributed by atoms with van der Waals surface area (Å²) < 4.78 is 26.4. The van der Waals surface area contributed by atoms with Crippen LogP contribution in [-0.2, 0) is 0 Å². The number of benzene rings is 1. The first-order valence-electron chi connectivity index (χ1n) is 6.37. The van der Waals surface area contributed by atoms with Crippen LogP contribution in [0.15, 0.2) is 18.2 Å². The fourth-order valence-electron chi connectivity index (χ4n) is 2.84. The van der Waals surface area contributed by atoms with Crippen molar-refractivity contribution >= 4 is 0 Å². The summed E-state index contributed by atoms with van der Waals surface area (Å²) in [5, 5.41) is 3.33. The molecule has 0 aromatic heterocycles. The van der Waals surface area contributed by atoms with Gasteiger partial charge in [0.15, 0.2) is 0 Å². The van der Waals surface area contributed by atoms with Crippen LogP contribution in [0.25, 0.3) is 0 Å². The van der Waals surface area contributed by atoms with Crippen molar-refractivity contribution < 1.29 is 8.78 Å². The van der Waals surface area contributed by atoms with Gasteiger partial charge in [0.05, 0.1) is 0 Å². The average molecular weight is 239 g/mol. The van der Waals surface area contributed by atoms with Crippen molar-refractivity contribution in [2.75, 3.05) is 13.1 Å². The van der Waals surface area contributed by atoms with E-state index in [9.17, 15) is 8.78 Å². The van der Waals surface area contributed by atoms with Crippen LogP contribution in [0.3, 0.4) is 0 Å². The minimum atomic E-state index is -0.464. The zero-order valence-electron chi connectivity index (χ0n) is 10.2. The molecule has 0 spiro atoms. The van der Waals surface area contributed by atoms with Gasteiger partial charge in [-0.2, -0.15) is 0 Å². The van der Waals surface area contributed by atoms with Crippen LogP contribution in [0, 0.1) is 17.6 Å². The highest BCUT2D eigenvalue weighted by Crippen LogP contribution is 2.39. The summed E-state index contributed by atoms with van der Waals surface area (Å²) in [6, 6.07) is 3.91. The minimum Gasteiger partial charge on any atom is -0.317 e. The largest absolute Gasteiger partial charge is 0.317 e. The van der Waals surface area contributed by atoms with E-state index in [1.54, 1.807) is 0 Å². The molecule has 17 heavy (non-hydrogen) atoms. The molecule has 2 atom stereocenters. The monoisotopic (exact) mass is 239 g/mol. The van der Waals surface area contributed by atoms with Crippen LogP contribution in [0.1, 0.15) is 37.7 Å². The maximum Gasteiger partial charge on any atom is 0.126 e. The number of rotatable bonds is 4. The molecule has 2 unspecified atom stereocenters. The molecule has 0 radical (unpaired) electrons. The van der Waals surface area contributed by atoms with Crippen molar-refractivity contribution in [1.82, 2.24) is 5.32 Å². The lowest BCUT2D eigenvalue weighted by molar-refractivity contribution is 0.446. The van der Waals surface area contributed by atoms with Crippen LogP contribution in [-0.4, -0.2) is 13.1 Å². The maximum atomic E-state index is 13.2. The smallest absolute Gasteiger partial charge is 0.126 e. The quantitative estimate of drug-likeness (QED) is 0.848. The summed E-state index contributed by atoms with van der Waals surface area (Å²) in [6.45, 7) is 3.96. The molecule has 1 saturated carbocycles. The third kappa shape index (κ3) is 3.03. The summed E-state index contributed by atoms with van der Waals surface area (Å²) >= 11 is 0. The highest BCUT2D eigenvalue weighted by Gasteiger charge is 2.28. The van der Waals surface area contributed by atoms with Crippen LogP contribution in [0.4, 0.5) is 8.78 Å². The van der Waals surface area contributed by atoms with E-state index in [2.05, 4.69) is 12.2 Å². The standard InChI is InChI=1S/C14H19F2N/c1-2-17-9-10-4-3-5-14(10)11-6-12(15)8-13(16)7-11/h6-8,10,14,17H,2-5,9H2,1H3. The normalized spacial score (nSPS) is 24.2. The molecule has 1 aliphatic rings. The Labute approximate surface area is 101 Å². The van der Waals surface area contributed by atoms with Crippen LogP contribution in [0.5, 0.6) is 0 Å². The van der Waals surface area contributed by atoms with Crippen molar-refractivity contribution in [1.29, 1.82) is 0 Å². The minimum absolute atomic E-state index is 0.305. The third-order valence-electron chi connectivity index (χ3n) is 3.63. The lowest BCUT2D eigenvalue weighted by atomic mass is 9.88. The molecule has 1 fully saturated rings. The Hall–Kier alpha value is -0.960. The maximum absolute atomic E-state index is 13.2. The van der Waals surface area contributed by atoms with E-state index in [-0.39, 0.29) is 0 Å². The summed E-state index contributed by atoms with van der Waals surface area (Å²) in [6.07, 6.45) is 3.34. The molecule has 0 bridgehead atoms. The first-order chi connectivity index (χ1) is 8.20. The van der Waals surface area contributed by atoms with Gasteiger partial charge in [0.2, 0.25) is 0 Å². The Kier molecular flexibility index (Phi) is 4.11. The molecule has 94 valence electrons. The van der Waals surface area contributed by atoms with Crippen molar-refractivity contribution in [2.24, 2.45) is 5.92 Å². The molecule has 1 aromatic carbocycles. The van der Waals surface area contributed by atoms with Gasteiger partial charge < -0.3 is 5.32 Å². The lowest BCUT2D eigenvalue weighted by Gasteiger charge is -2.20. The second kappa shape index (κ2) is 5.58. The summed E-state index contributed by atoms with van der Waals surface area (Å²) in [5.41, 5.74) is 0.822. The first kappa shape index (κ1) is 12.5. The predicted molar refractivity (Wildman–Crippen MR) is 65.0 cm³/mol. The van der Waals surface area contributed by atoms with E-state index in [4.69, 9.17) is 0 Å². The van der Waals surface area contributed by atoms with Gasteiger partial charge in [-0.15, -0.1) is 0 Å². The van der Waals surface area contributed by atoms with Crippen LogP contribution in [0.2, 0.25) is 0 Å². The summed E-state index contributed by atoms with van der Waals surface area (Å²) in [5.74, 6) is -0.112. The molecule has 0 amide bonds. The molecule has 0 aliphatic heterocycles. The summed E-state index contributed by atoms with van der Waals surface area (Å²) in [4.78, 5) is 0. The molecule has 0 heterocycles. The number of hydrogen-bond donors (Lipinski definition) is 1. The van der Waals surface area contributed by atoms with E-state index in [0.29, 0.717) is 11.8 Å². The molecule has 0 saturated heterocycles. The fourth-order valence-corrected chi connectivity index (χ4v) is 2.84. The lowest BCUT2D eigenvalue weighted by Crippen LogP contribution is -2.24. The van der Waals surface area contributed by atoms with Crippen molar-refractivity contribution in [3.05, 3.63) is 35.4 Å². The van der Waals surface area contributed by atoms with Gasteiger partial charge >= 0.3 is 0 Å². The van der Waals surface area contributed by atoms with E-state index >= 15 is 0 Å². The van der Waals surface area contributed by atoms with Crippen molar-refractivity contribution in [2.45, 2.75) is 32.1 Å². The average Bonchev–Trinajstić information content (AvgIpc) is 2.73. The predicted octanol–water partition coefficient (Wildman–Crippen LogP) is 3.46. The van der Waals surface area contributed by atoms with Gasteiger partial charge in [-0.1, -0.05) is 13.3 Å². The highest BCUT2D eigenvalue weighted by molar-refractivity contribution is 5.23. The Balaban J connectivity index is 2.14. The molecular weight excluding hydrogens is 220 g/mol. The number of halogens is 2.